The predicted octanol–water partition coefficient (Wildman–Crippen LogP) is 1.96. The lowest BCUT2D eigenvalue weighted by Gasteiger charge is -2.11. The van der Waals surface area contributed by atoms with E-state index >= 15 is 0 Å². The fourth-order valence-electron chi connectivity index (χ4n) is 0.429. The van der Waals surface area contributed by atoms with E-state index in [1.165, 1.54) is 20.3 Å². The summed E-state index contributed by atoms with van der Waals surface area (Å²) < 4.78 is 39.7. The van der Waals surface area contributed by atoms with Gasteiger partial charge in [-0.1, -0.05) is 6.08 Å². The Labute approximate surface area is 68.5 Å². The van der Waals surface area contributed by atoms with E-state index in [1.807, 2.05) is 0 Å². The van der Waals surface area contributed by atoms with Gasteiger partial charge in [0.2, 0.25) is 0 Å². The standard InChI is InChI=1S/C8H16O2/c1-4-5-6-7-8(9-2)10-3/h4,8H,1,5-7H2,2-3H3/i6D2,7D2. The summed E-state index contributed by atoms with van der Waals surface area (Å²) in [6, 6.07) is 0. The molecule has 2 nitrogen and oxygen atoms in total. The minimum absolute atomic E-state index is 0.0940. The van der Waals surface area contributed by atoms with Crippen LogP contribution in [-0.2, 0) is 9.47 Å². The van der Waals surface area contributed by atoms with Gasteiger partial charge in [-0.25, -0.2) is 0 Å². The highest BCUT2D eigenvalue weighted by atomic mass is 16.7. The van der Waals surface area contributed by atoms with Crippen molar-refractivity contribution >= 4 is 0 Å². The first kappa shape index (κ1) is 4.52. The van der Waals surface area contributed by atoms with Crippen LogP contribution in [0, 0.1) is 0 Å². The number of ether oxygens (including phenoxy) is 2. The molecule has 0 amide bonds. The van der Waals surface area contributed by atoms with E-state index in [0.29, 0.717) is 0 Å². The van der Waals surface area contributed by atoms with Crippen LogP contribution in [0.5, 0.6) is 0 Å². The van der Waals surface area contributed by atoms with Crippen molar-refractivity contribution in [1.29, 1.82) is 0 Å². The monoisotopic (exact) mass is 148 g/mol. The molecule has 0 atom stereocenters. The molecule has 0 N–H and O–H groups in total. The van der Waals surface area contributed by atoms with Crippen molar-refractivity contribution in [3.63, 3.8) is 0 Å². The number of hydrogen-bond acceptors (Lipinski definition) is 2. The molecular weight excluding hydrogens is 128 g/mol. The lowest BCUT2D eigenvalue weighted by molar-refractivity contribution is -0.106. The molecule has 0 aromatic rings. The minimum atomic E-state index is -2.22. The first-order valence-corrected chi connectivity index (χ1v) is 3.00. The van der Waals surface area contributed by atoms with Gasteiger partial charge < -0.3 is 9.47 Å². The van der Waals surface area contributed by atoms with Gasteiger partial charge in [-0.05, 0) is 19.2 Å². The molecule has 0 bridgehead atoms. The number of allylic oxidation sites excluding steroid dienone is 1. The Morgan fingerprint density at radius 3 is 2.60 bits per heavy atom. The maximum absolute atomic E-state index is 7.58. The summed E-state index contributed by atoms with van der Waals surface area (Å²) in [5.74, 6) is 0. The molecule has 0 aromatic heterocycles. The number of methoxy groups -OCH3 is 2. The lowest BCUT2D eigenvalue weighted by Crippen LogP contribution is -2.11. The highest BCUT2D eigenvalue weighted by Crippen LogP contribution is 2.04. The first-order chi connectivity index (χ1) is 6.33. The largest absolute Gasteiger partial charge is 0.356 e. The van der Waals surface area contributed by atoms with Crippen LogP contribution in [0.2, 0.25) is 0 Å². The maximum Gasteiger partial charge on any atom is 0.156 e. The summed E-state index contributed by atoms with van der Waals surface area (Å²) in [4.78, 5) is 0. The van der Waals surface area contributed by atoms with Crippen molar-refractivity contribution in [3.8, 4) is 0 Å². The molecule has 0 aliphatic heterocycles. The van der Waals surface area contributed by atoms with Gasteiger partial charge in [0.25, 0.3) is 0 Å². The molecule has 0 heterocycles. The Morgan fingerprint density at radius 2 is 2.20 bits per heavy atom. The lowest BCUT2D eigenvalue weighted by atomic mass is 10.2. The average Bonchev–Trinajstić information content (AvgIpc) is 2.05. The summed E-state index contributed by atoms with van der Waals surface area (Å²) in [7, 11) is 2.55. The fraction of sp³-hybridized carbons (Fsp3) is 0.750. The molecule has 0 saturated carbocycles. The van der Waals surface area contributed by atoms with Crippen LogP contribution in [0.25, 0.3) is 0 Å². The van der Waals surface area contributed by atoms with Gasteiger partial charge in [-0.2, -0.15) is 0 Å². The van der Waals surface area contributed by atoms with Crippen molar-refractivity contribution in [1.82, 2.24) is 0 Å². The normalized spacial score (nSPS) is 19.1. The molecule has 0 aromatic carbocycles. The Kier molecular flexibility index (Phi) is 3.06. The van der Waals surface area contributed by atoms with Gasteiger partial charge >= 0.3 is 0 Å². The third-order valence-corrected chi connectivity index (χ3v) is 0.894. The second-order valence-corrected chi connectivity index (χ2v) is 1.62. The molecule has 60 valence electrons. The molecular formula is C8H16O2. The van der Waals surface area contributed by atoms with Crippen LogP contribution in [0.3, 0.4) is 0 Å². The summed E-state index contributed by atoms with van der Waals surface area (Å²) in [5, 5.41) is 0. The highest BCUT2D eigenvalue weighted by molar-refractivity contribution is 4.65. The van der Waals surface area contributed by atoms with Crippen molar-refractivity contribution in [3.05, 3.63) is 12.7 Å². The van der Waals surface area contributed by atoms with Crippen LogP contribution in [0.4, 0.5) is 0 Å². The van der Waals surface area contributed by atoms with Gasteiger partial charge in [-0.3, -0.25) is 0 Å². The summed E-state index contributed by atoms with van der Waals surface area (Å²) in [6.07, 6.45) is -4.27. The molecule has 10 heavy (non-hydrogen) atoms. The zero-order valence-electron chi connectivity index (χ0n) is 10.4. The quantitative estimate of drug-likeness (QED) is 0.423. The van der Waals surface area contributed by atoms with E-state index in [9.17, 15) is 0 Å². The average molecular weight is 148 g/mol. The fourth-order valence-corrected chi connectivity index (χ4v) is 0.429. The van der Waals surface area contributed by atoms with Crippen molar-refractivity contribution in [2.24, 2.45) is 0 Å². The Bertz CT molecular complexity index is 190. The minimum Gasteiger partial charge on any atom is -0.356 e. The van der Waals surface area contributed by atoms with Crippen molar-refractivity contribution in [2.75, 3.05) is 14.2 Å². The SMILES string of the molecule is [2H]C([2H])(CC=C)C([2H])([2H])C(OC)OC. The predicted molar refractivity (Wildman–Crippen MR) is 41.9 cm³/mol. The van der Waals surface area contributed by atoms with Crippen LogP contribution >= 0.6 is 0 Å². The summed E-state index contributed by atoms with van der Waals surface area (Å²) >= 11 is 0. The van der Waals surface area contributed by atoms with E-state index in [2.05, 4.69) is 6.58 Å². The van der Waals surface area contributed by atoms with E-state index in [-0.39, 0.29) is 6.42 Å². The van der Waals surface area contributed by atoms with Crippen LogP contribution in [-0.4, -0.2) is 20.5 Å². The molecule has 0 rings (SSSR count). The van der Waals surface area contributed by atoms with E-state index in [0.717, 1.165) is 0 Å². The smallest absolute Gasteiger partial charge is 0.156 e. The molecule has 0 fully saturated rings. The van der Waals surface area contributed by atoms with Gasteiger partial charge in [0.05, 0.1) is 0 Å². The van der Waals surface area contributed by atoms with Gasteiger partial charge in [-0.15, -0.1) is 6.58 Å². The van der Waals surface area contributed by atoms with Crippen LogP contribution in [0.1, 0.15) is 24.6 Å². The topological polar surface area (TPSA) is 18.5 Å². The van der Waals surface area contributed by atoms with Gasteiger partial charge in [0.15, 0.2) is 6.29 Å². The van der Waals surface area contributed by atoms with Crippen molar-refractivity contribution < 1.29 is 15.0 Å². The number of hydrogen-bond donors (Lipinski definition) is 0. The second-order valence-electron chi connectivity index (χ2n) is 1.62. The molecule has 0 radical (unpaired) electrons. The molecule has 0 spiro atoms. The first-order valence-electron chi connectivity index (χ1n) is 5.00. The van der Waals surface area contributed by atoms with Crippen molar-refractivity contribution in [2.45, 2.75) is 25.5 Å². The third-order valence-electron chi connectivity index (χ3n) is 0.894. The second kappa shape index (κ2) is 6.78. The zero-order chi connectivity index (χ0) is 11.4. The third kappa shape index (κ3) is 4.53. The molecule has 0 unspecified atom stereocenters. The van der Waals surface area contributed by atoms with E-state index < -0.39 is 19.0 Å². The molecule has 0 aliphatic rings. The summed E-state index contributed by atoms with van der Waals surface area (Å²) in [6.45, 7) is 3.38. The molecule has 0 saturated heterocycles. The maximum atomic E-state index is 7.58. The Morgan fingerprint density at radius 1 is 1.60 bits per heavy atom. The summed E-state index contributed by atoms with van der Waals surface area (Å²) in [5.41, 5.74) is 0. The van der Waals surface area contributed by atoms with Crippen LogP contribution in [0.15, 0.2) is 12.7 Å². The Balaban J connectivity index is 4.79. The van der Waals surface area contributed by atoms with Crippen LogP contribution < -0.4 is 0 Å². The van der Waals surface area contributed by atoms with E-state index in [1.54, 1.807) is 0 Å². The zero-order valence-corrected chi connectivity index (χ0v) is 6.39. The molecule has 0 aliphatic carbocycles. The molecule has 2 heteroatoms. The van der Waals surface area contributed by atoms with Gasteiger partial charge in [0, 0.05) is 19.7 Å². The highest BCUT2D eigenvalue weighted by Gasteiger charge is 2.01. The van der Waals surface area contributed by atoms with Gasteiger partial charge in [0.1, 0.15) is 0 Å². The number of rotatable bonds is 6. The Hall–Kier alpha value is -0.340. The van der Waals surface area contributed by atoms with E-state index in [4.69, 9.17) is 15.0 Å².